The Hall–Kier alpha value is -4.03. The number of hydrogen-bond acceptors (Lipinski definition) is 11. The number of hydrogen-bond donors (Lipinski definition) is 3. The summed E-state index contributed by atoms with van der Waals surface area (Å²) in [6, 6.07) is 4.80. The van der Waals surface area contributed by atoms with Gasteiger partial charge in [-0.25, -0.2) is 0 Å². The van der Waals surface area contributed by atoms with Crippen molar-refractivity contribution in [1.82, 2.24) is 4.90 Å². The number of carbonyl (C=O) groups is 5. The molecule has 38 heavy (non-hydrogen) atoms. The lowest BCUT2D eigenvalue weighted by atomic mass is 9.52. The van der Waals surface area contributed by atoms with E-state index in [0.717, 1.165) is 0 Å². The number of furan rings is 1. The second-order valence-electron chi connectivity index (χ2n) is 10.3. The van der Waals surface area contributed by atoms with E-state index in [9.17, 15) is 39.1 Å². The van der Waals surface area contributed by atoms with Crippen molar-refractivity contribution in [2.75, 3.05) is 14.1 Å². The molecule has 1 amide bonds. The van der Waals surface area contributed by atoms with Crippen LogP contribution in [0.4, 0.5) is 0 Å². The number of phenols is 1. The van der Waals surface area contributed by atoms with Gasteiger partial charge >= 0.3 is 0 Å². The molecular formula is C26H25N3O9. The van der Waals surface area contributed by atoms with Gasteiger partial charge in [-0.2, -0.15) is 4.91 Å². The van der Waals surface area contributed by atoms with Crippen molar-refractivity contribution in [3.8, 4) is 17.1 Å². The van der Waals surface area contributed by atoms with Gasteiger partial charge in [0.2, 0.25) is 5.91 Å². The highest BCUT2D eigenvalue weighted by atomic mass is 16.3. The quantitative estimate of drug-likeness (QED) is 0.364. The van der Waals surface area contributed by atoms with Gasteiger partial charge in [0.1, 0.15) is 23.8 Å². The van der Waals surface area contributed by atoms with Gasteiger partial charge in [0.25, 0.3) is 0 Å². The number of carbonyl (C=O) groups excluding carboxylic acids is 5. The fourth-order valence-corrected chi connectivity index (χ4v) is 6.51. The van der Waals surface area contributed by atoms with E-state index < -0.39 is 64.4 Å². The summed E-state index contributed by atoms with van der Waals surface area (Å²) >= 11 is 0. The van der Waals surface area contributed by atoms with Gasteiger partial charge in [0.15, 0.2) is 34.7 Å². The van der Waals surface area contributed by atoms with E-state index >= 15 is 0 Å². The predicted octanol–water partition coefficient (Wildman–Crippen LogP) is 0.393. The molecule has 5 rings (SSSR count). The number of phenolic OH excluding ortho intramolecular Hbond substituents is 1. The van der Waals surface area contributed by atoms with Gasteiger partial charge in [-0.05, 0) is 62.7 Å². The number of aliphatic hydroxyl groups is 1. The Morgan fingerprint density at radius 1 is 1.16 bits per heavy atom. The van der Waals surface area contributed by atoms with Gasteiger partial charge in [-0.15, -0.1) is 0 Å². The smallest absolute Gasteiger partial charge is 0.235 e. The lowest BCUT2D eigenvalue weighted by molar-refractivity contribution is -0.181. The molecule has 2 saturated carbocycles. The monoisotopic (exact) mass is 523 g/mol. The molecule has 0 bridgehead atoms. The molecule has 2 fully saturated rings. The highest BCUT2D eigenvalue weighted by Gasteiger charge is 2.69. The molecule has 6 unspecified atom stereocenters. The average molecular weight is 523 g/mol. The first kappa shape index (κ1) is 25.6. The third-order valence-corrected chi connectivity index (χ3v) is 8.09. The number of nitrogens with two attached hydrogens (primary N) is 1. The summed E-state index contributed by atoms with van der Waals surface area (Å²) in [4.78, 5) is 78.1. The second kappa shape index (κ2) is 8.77. The summed E-state index contributed by atoms with van der Waals surface area (Å²) in [5, 5.41) is 25.0. The van der Waals surface area contributed by atoms with Gasteiger partial charge < -0.3 is 20.4 Å². The molecule has 1 aromatic heterocycles. The van der Waals surface area contributed by atoms with Crippen molar-refractivity contribution in [1.29, 1.82) is 0 Å². The number of likely N-dealkylation sites (N-methyl/N-ethyl adjacent to an activating group) is 1. The maximum absolute atomic E-state index is 13.8. The fourth-order valence-electron chi connectivity index (χ4n) is 6.51. The Bertz CT molecular complexity index is 1430. The molecule has 198 valence electrons. The Morgan fingerprint density at radius 3 is 2.50 bits per heavy atom. The fraction of sp³-hybridized carbons (Fsp3) is 0.423. The minimum Gasteiger partial charge on any atom is -0.507 e. The minimum atomic E-state index is -2.78. The molecule has 0 aliphatic heterocycles. The zero-order valence-corrected chi connectivity index (χ0v) is 20.5. The molecule has 0 saturated heterocycles. The maximum atomic E-state index is 13.8. The van der Waals surface area contributed by atoms with Crippen molar-refractivity contribution in [2.24, 2.45) is 34.6 Å². The number of amides is 1. The first-order valence-corrected chi connectivity index (χ1v) is 12.0. The number of ketones is 4. The van der Waals surface area contributed by atoms with E-state index in [1.807, 2.05) is 0 Å². The number of benzene rings is 1. The van der Waals surface area contributed by atoms with Crippen molar-refractivity contribution in [2.45, 2.75) is 31.0 Å². The van der Waals surface area contributed by atoms with Crippen LogP contribution in [0, 0.1) is 28.6 Å². The predicted molar refractivity (Wildman–Crippen MR) is 129 cm³/mol. The number of fused-ring (bicyclic) bond motifs is 3. The van der Waals surface area contributed by atoms with Crippen LogP contribution in [0.15, 0.2) is 33.9 Å². The number of nitroso groups, excluding NO2 is 1. The Kier molecular flexibility index (Phi) is 5.91. The van der Waals surface area contributed by atoms with Gasteiger partial charge in [-0.3, -0.25) is 28.9 Å². The van der Waals surface area contributed by atoms with Crippen LogP contribution >= 0.6 is 0 Å². The molecule has 6 atom stereocenters. The Labute approximate surface area is 215 Å². The molecule has 0 radical (unpaired) electrons. The molecule has 0 spiro atoms. The molecular weight excluding hydrogens is 498 g/mol. The van der Waals surface area contributed by atoms with E-state index in [4.69, 9.17) is 10.2 Å². The van der Waals surface area contributed by atoms with Crippen LogP contribution in [-0.2, 0) is 32.1 Å². The number of rotatable bonds is 5. The molecule has 12 nitrogen and oxygen atoms in total. The van der Waals surface area contributed by atoms with E-state index in [0.29, 0.717) is 22.6 Å². The third kappa shape index (κ3) is 3.40. The van der Waals surface area contributed by atoms with Crippen LogP contribution in [0.5, 0.6) is 5.75 Å². The van der Waals surface area contributed by atoms with Gasteiger partial charge in [-0.1, -0.05) is 5.18 Å². The van der Waals surface area contributed by atoms with E-state index in [1.54, 1.807) is 18.2 Å². The molecule has 1 heterocycles. The van der Waals surface area contributed by atoms with Gasteiger partial charge in [0, 0.05) is 11.5 Å². The zero-order valence-electron chi connectivity index (χ0n) is 20.5. The summed E-state index contributed by atoms with van der Waals surface area (Å²) in [5.41, 5.74) is 3.27. The third-order valence-electron chi connectivity index (χ3n) is 8.09. The number of Topliss-reactive ketones (excluding diaryl/α,β-unsaturated/α-hetero) is 4. The molecule has 4 N–H and O–H groups in total. The Balaban J connectivity index is 1.64. The topological polar surface area (TPSA) is 198 Å². The number of aromatic hydroxyl groups is 1. The van der Waals surface area contributed by atoms with E-state index in [-0.39, 0.29) is 30.7 Å². The molecule has 3 aliphatic carbocycles. The SMILES string of the molecule is CN(C)C1C(=O)C(C(N)=O)C(=O)C2(O)C(=O)C3C(=O)c4c(O)ccc(-c5ccc(CN=O)o5)c4CC3CC12. The summed E-state index contributed by atoms with van der Waals surface area (Å²) in [5.74, 6) is -10.5. The molecule has 3 aliphatic rings. The minimum absolute atomic E-state index is 0.0581. The number of nitrogens with zero attached hydrogens (tertiary/aromatic N) is 2. The first-order valence-electron chi connectivity index (χ1n) is 12.0. The molecule has 12 heteroatoms. The normalized spacial score (nSPS) is 30.6. The van der Waals surface area contributed by atoms with E-state index in [1.165, 1.54) is 25.1 Å². The first-order chi connectivity index (χ1) is 17.9. The van der Waals surface area contributed by atoms with Crippen LogP contribution in [-0.4, -0.2) is 69.9 Å². The number of primary amides is 1. The Morgan fingerprint density at radius 2 is 1.87 bits per heavy atom. The highest BCUT2D eigenvalue weighted by Crippen LogP contribution is 2.51. The second-order valence-corrected chi connectivity index (χ2v) is 10.3. The van der Waals surface area contributed by atoms with E-state index in [2.05, 4.69) is 5.18 Å². The largest absolute Gasteiger partial charge is 0.507 e. The van der Waals surface area contributed by atoms with Crippen molar-refractivity contribution < 1.29 is 38.6 Å². The van der Waals surface area contributed by atoms with Crippen LogP contribution in [0.1, 0.15) is 28.1 Å². The summed E-state index contributed by atoms with van der Waals surface area (Å²) in [6.07, 6.45) is 0.0367. The van der Waals surface area contributed by atoms with Crippen LogP contribution in [0.2, 0.25) is 0 Å². The lowest BCUT2D eigenvalue weighted by Crippen LogP contribution is -2.74. The summed E-state index contributed by atoms with van der Waals surface area (Å²) in [6.45, 7) is -0.195. The summed E-state index contributed by atoms with van der Waals surface area (Å²) < 4.78 is 5.69. The van der Waals surface area contributed by atoms with Crippen molar-refractivity contribution >= 4 is 29.0 Å². The standard InChI is InChI=1S/C26H25N3O9/c1-29(2)20-14-8-10-7-13-12(16-6-3-11(38-16)9-28-37)4-5-15(30)18(13)21(31)17(10)23(33)26(14,36)24(34)19(22(20)32)25(27)35/h3-6,10,14,17,19-20,30,36H,7-9H2,1-2H3,(H2,27,35). The zero-order chi connectivity index (χ0) is 27.7. The van der Waals surface area contributed by atoms with Crippen LogP contribution in [0.25, 0.3) is 11.3 Å². The molecule has 2 aromatic rings. The highest BCUT2D eigenvalue weighted by molar-refractivity contribution is 6.32. The van der Waals surface area contributed by atoms with Crippen molar-refractivity contribution in [3.63, 3.8) is 0 Å². The maximum Gasteiger partial charge on any atom is 0.235 e. The van der Waals surface area contributed by atoms with Crippen LogP contribution in [0.3, 0.4) is 0 Å². The average Bonchev–Trinajstić information content (AvgIpc) is 3.29. The molecule has 1 aromatic carbocycles. The van der Waals surface area contributed by atoms with Crippen LogP contribution < -0.4 is 5.73 Å². The van der Waals surface area contributed by atoms with Crippen molar-refractivity contribution in [3.05, 3.63) is 46.1 Å². The lowest BCUT2D eigenvalue weighted by Gasteiger charge is -2.52. The summed E-state index contributed by atoms with van der Waals surface area (Å²) in [7, 11) is 3.04. The van der Waals surface area contributed by atoms with Gasteiger partial charge in [0.05, 0.1) is 17.5 Å².